The van der Waals surface area contributed by atoms with Crippen molar-refractivity contribution < 1.29 is 9.53 Å². The summed E-state index contributed by atoms with van der Waals surface area (Å²) in [4.78, 5) is 24.8. The van der Waals surface area contributed by atoms with Crippen LogP contribution in [0.15, 0.2) is 29.3 Å². The zero-order valence-corrected chi connectivity index (χ0v) is 19.9. The van der Waals surface area contributed by atoms with E-state index in [4.69, 9.17) is 4.74 Å². The van der Waals surface area contributed by atoms with Crippen molar-refractivity contribution in [3.63, 3.8) is 0 Å². The molecule has 1 aromatic carbocycles. The summed E-state index contributed by atoms with van der Waals surface area (Å²) in [6.45, 7) is 10.8. The molecule has 168 valence electrons. The number of benzene rings is 1. The number of carbonyl (C=O) groups is 1. The van der Waals surface area contributed by atoms with Gasteiger partial charge in [-0.1, -0.05) is 12.1 Å². The first kappa shape index (κ1) is 23.2. The number of rotatable bonds is 6. The third kappa shape index (κ3) is 6.51. The summed E-state index contributed by atoms with van der Waals surface area (Å²) < 4.78 is 5.72. The molecule has 7 nitrogen and oxygen atoms in total. The van der Waals surface area contributed by atoms with E-state index >= 15 is 0 Å². The molecule has 2 atom stereocenters. The molecule has 2 N–H and O–H groups in total. The van der Waals surface area contributed by atoms with Gasteiger partial charge in [-0.25, -0.2) is 4.98 Å². The normalized spacial score (nSPS) is 19.4. The lowest BCUT2D eigenvalue weighted by atomic mass is 10.1. The van der Waals surface area contributed by atoms with Gasteiger partial charge in [0.25, 0.3) is 5.91 Å². The Morgan fingerprint density at radius 3 is 2.45 bits per heavy atom. The van der Waals surface area contributed by atoms with E-state index in [-0.39, 0.29) is 18.1 Å². The van der Waals surface area contributed by atoms with E-state index in [9.17, 15) is 4.79 Å². The standard InChI is InChI=1S/C23H33N5O2S/c1-15-13-28(14-16(2)30-15)22(29)20-8-6-19(7-9-20)12-26-23(24-5)25-11-10-21-27-17(3)18(4)31-21/h6-9,15-16H,10-14H2,1-5H3,(H2,24,25,26). The average Bonchev–Trinajstić information content (AvgIpc) is 3.06. The predicted octanol–water partition coefficient (Wildman–Crippen LogP) is 2.92. The molecule has 8 heteroatoms. The number of ether oxygens (including phenoxy) is 1. The molecule has 1 saturated heterocycles. The molecule has 0 spiro atoms. The van der Waals surface area contributed by atoms with Gasteiger partial charge in [0.2, 0.25) is 0 Å². The van der Waals surface area contributed by atoms with Crippen molar-refractivity contribution in [1.82, 2.24) is 20.5 Å². The highest BCUT2D eigenvalue weighted by Crippen LogP contribution is 2.17. The molecule has 2 heterocycles. The lowest BCUT2D eigenvalue weighted by Gasteiger charge is -2.35. The minimum atomic E-state index is 0.0617. The molecule has 0 saturated carbocycles. The number of aromatic nitrogens is 1. The first-order chi connectivity index (χ1) is 14.9. The number of carbonyl (C=O) groups excluding carboxylic acids is 1. The number of aliphatic imine (C=N–C) groups is 1. The second-order valence-corrected chi connectivity index (χ2v) is 9.30. The van der Waals surface area contributed by atoms with Crippen LogP contribution in [0.5, 0.6) is 0 Å². The van der Waals surface area contributed by atoms with Gasteiger partial charge in [-0.05, 0) is 45.4 Å². The molecule has 1 fully saturated rings. The van der Waals surface area contributed by atoms with E-state index in [2.05, 4.69) is 27.5 Å². The maximum absolute atomic E-state index is 12.8. The van der Waals surface area contributed by atoms with Gasteiger partial charge >= 0.3 is 0 Å². The SMILES string of the molecule is CN=C(NCCc1nc(C)c(C)s1)NCc1ccc(C(=O)N2CC(C)OC(C)C2)cc1. The van der Waals surface area contributed by atoms with E-state index < -0.39 is 0 Å². The Hall–Kier alpha value is -2.45. The van der Waals surface area contributed by atoms with Crippen molar-refractivity contribution in [2.24, 2.45) is 4.99 Å². The molecule has 1 aliphatic rings. The van der Waals surface area contributed by atoms with Crippen LogP contribution >= 0.6 is 11.3 Å². The number of nitrogens with one attached hydrogen (secondary N) is 2. The highest BCUT2D eigenvalue weighted by Gasteiger charge is 2.26. The van der Waals surface area contributed by atoms with Gasteiger partial charge in [0, 0.05) is 50.1 Å². The van der Waals surface area contributed by atoms with Crippen molar-refractivity contribution in [2.75, 3.05) is 26.7 Å². The Balaban J connectivity index is 1.46. The summed E-state index contributed by atoms with van der Waals surface area (Å²) in [5, 5.41) is 7.79. The third-order valence-corrected chi connectivity index (χ3v) is 6.43. The van der Waals surface area contributed by atoms with Crippen molar-refractivity contribution in [1.29, 1.82) is 0 Å². The van der Waals surface area contributed by atoms with Crippen LogP contribution in [0.3, 0.4) is 0 Å². The molecule has 0 bridgehead atoms. The summed E-state index contributed by atoms with van der Waals surface area (Å²) in [7, 11) is 1.76. The lowest BCUT2D eigenvalue weighted by molar-refractivity contribution is -0.0586. The largest absolute Gasteiger partial charge is 0.372 e. The van der Waals surface area contributed by atoms with Crippen LogP contribution in [0.2, 0.25) is 0 Å². The van der Waals surface area contributed by atoms with Gasteiger partial charge in [0.05, 0.1) is 22.9 Å². The fourth-order valence-corrected chi connectivity index (χ4v) is 4.57. The van der Waals surface area contributed by atoms with Crippen LogP contribution in [0.25, 0.3) is 0 Å². The second-order valence-electron chi connectivity index (χ2n) is 8.02. The van der Waals surface area contributed by atoms with E-state index in [1.165, 1.54) is 4.88 Å². The Bertz CT molecular complexity index is 880. The molecule has 31 heavy (non-hydrogen) atoms. The number of hydrogen-bond acceptors (Lipinski definition) is 5. The smallest absolute Gasteiger partial charge is 0.254 e. The Kier molecular flexibility index (Phi) is 8.03. The quantitative estimate of drug-likeness (QED) is 0.530. The molecule has 3 rings (SSSR count). The molecule has 1 aliphatic heterocycles. The summed E-state index contributed by atoms with van der Waals surface area (Å²) in [6.07, 6.45) is 1.01. The minimum absolute atomic E-state index is 0.0617. The first-order valence-electron chi connectivity index (χ1n) is 10.8. The van der Waals surface area contributed by atoms with Crippen molar-refractivity contribution >= 4 is 23.2 Å². The van der Waals surface area contributed by atoms with Crippen molar-refractivity contribution in [3.05, 3.63) is 51.0 Å². The Morgan fingerprint density at radius 1 is 1.19 bits per heavy atom. The topological polar surface area (TPSA) is 78.8 Å². The zero-order chi connectivity index (χ0) is 22.4. The first-order valence-corrected chi connectivity index (χ1v) is 11.6. The Labute approximate surface area is 188 Å². The summed E-state index contributed by atoms with van der Waals surface area (Å²) in [5.41, 5.74) is 2.91. The van der Waals surface area contributed by atoms with Crippen LogP contribution in [0.4, 0.5) is 0 Å². The molecule has 0 aliphatic carbocycles. The summed E-state index contributed by atoms with van der Waals surface area (Å²) >= 11 is 1.75. The number of morpholine rings is 1. The van der Waals surface area contributed by atoms with Gasteiger partial charge in [-0.15, -0.1) is 11.3 Å². The molecular formula is C23H33N5O2S. The number of thiazole rings is 1. The highest BCUT2D eigenvalue weighted by molar-refractivity contribution is 7.11. The van der Waals surface area contributed by atoms with Crippen LogP contribution in [0, 0.1) is 13.8 Å². The van der Waals surface area contributed by atoms with E-state index in [0.29, 0.717) is 25.2 Å². The third-order valence-electron chi connectivity index (χ3n) is 5.30. The predicted molar refractivity (Wildman–Crippen MR) is 126 cm³/mol. The fraction of sp³-hybridized carbons (Fsp3) is 0.522. The number of hydrogen-bond donors (Lipinski definition) is 2. The second kappa shape index (κ2) is 10.7. The Morgan fingerprint density at radius 2 is 1.87 bits per heavy atom. The van der Waals surface area contributed by atoms with Crippen LogP contribution in [0.1, 0.15) is 45.3 Å². The average molecular weight is 444 g/mol. The van der Waals surface area contributed by atoms with E-state index in [1.807, 2.05) is 49.9 Å². The van der Waals surface area contributed by atoms with Crippen LogP contribution < -0.4 is 10.6 Å². The van der Waals surface area contributed by atoms with Crippen molar-refractivity contribution in [3.8, 4) is 0 Å². The van der Waals surface area contributed by atoms with E-state index in [1.54, 1.807) is 18.4 Å². The number of nitrogens with zero attached hydrogens (tertiary/aromatic N) is 3. The monoisotopic (exact) mass is 443 g/mol. The molecule has 0 radical (unpaired) electrons. The van der Waals surface area contributed by atoms with Gasteiger partial charge in [0.1, 0.15) is 0 Å². The van der Waals surface area contributed by atoms with Gasteiger partial charge in [-0.2, -0.15) is 0 Å². The van der Waals surface area contributed by atoms with Crippen molar-refractivity contribution in [2.45, 2.75) is 52.9 Å². The number of guanidine groups is 1. The summed E-state index contributed by atoms with van der Waals surface area (Å²) in [5.74, 6) is 0.813. The van der Waals surface area contributed by atoms with Gasteiger partial charge < -0.3 is 20.3 Å². The minimum Gasteiger partial charge on any atom is -0.372 e. The lowest BCUT2D eigenvalue weighted by Crippen LogP contribution is -2.48. The van der Waals surface area contributed by atoms with Crippen LogP contribution in [-0.4, -0.2) is 60.6 Å². The maximum Gasteiger partial charge on any atom is 0.254 e. The number of aryl methyl sites for hydroxylation is 2. The van der Waals surface area contributed by atoms with Gasteiger partial charge in [0.15, 0.2) is 5.96 Å². The zero-order valence-electron chi connectivity index (χ0n) is 19.1. The maximum atomic E-state index is 12.8. The molecule has 2 aromatic rings. The molecular weight excluding hydrogens is 410 g/mol. The number of amides is 1. The fourth-order valence-electron chi connectivity index (χ4n) is 3.63. The summed E-state index contributed by atoms with van der Waals surface area (Å²) in [6, 6.07) is 7.77. The molecule has 1 amide bonds. The highest BCUT2D eigenvalue weighted by atomic mass is 32.1. The molecule has 2 unspecified atom stereocenters. The van der Waals surface area contributed by atoms with E-state index in [0.717, 1.165) is 35.2 Å². The molecule has 1 aromatic heterocycles. The van der Waals surface area contributed by atoms with Crippen LogP contribution in [-0.2, 0) is 17.7 Å². The van der Waals surface area contributed by atoms with Gasteiger partial charge in [-0.3, -0.25) is 9.79 Å².